The first-order valence-corrected chi connectivity index (χ1v) is 14.4. The van der Waals surface area contributed by atoms with E-state index in [0.717, 1.165) is 22.4 Å². The topological polar surface area (TPSA) is 81.4 Å². The zero-order valence-corrected chi connectivity index (χ0v) is 23.7. The van der Waals surface area contributed by atoms with Crippen molar-refractivity contribution in [2.75, 3.05) is 13.4 Å². The van der Waals surface area contributed by atoms with Crippen LogP contribution in [-0.4, -0.2) is 41.2 Å². The lowest BCUT2D eigenvalue weighted by atomic mass is 9.89. The third kappa shape index (κ3) is 5.36. The molecule has 1 aromatic heterocycles. The molecule has 3 aromatic rings. The number of imidazole rings is 1. The minimum Gasteiger partial charge on any atom is -0.499 e. The van der Waals surface area contributed by atoms with Gasteiger partial charge >= 0.3 is 0 Å². The Hall–Kier alpha value is -2.58. The van der Waals surface area contributed by atoms with Gasteiger partial charge < -0.3 is 14.4 Å². The zero-order chi connectivity index (χ0) is 27.2. The van der Waals surface area contributed by atoms with E-state index in [4.69, 9.17) is 32.9 Å². The Labute approximate surface area is 228 Å². The molecule has 6 nitrogen and oxygen atoms in total. The number of allylic oxidation sites excluding steroid dienone is 3. The van der Waals surface area contributed by atoms with Crippen molar-refractivity contribution < 1.29 is 18.3 Å². The van der Waals surface area contributed by atoms with Gasteiger partial charge in [-0.15, -0.1) is 0 Å². The van der Waals surface area contributed by atoms with Gasteiger partial charge in [-0.2, -0.15) is 0 Å². The number of ether oxygens (including phenoxy) is 1. The highest BCUT2D eigenvalue weighted by Crippen LogP contribution is 2.40. The summed E-state index contributed by atoms with van der Waals surface area (Å²) in [5, 5.41) is 11.6. The van der Waals surface area contributed by atoms with E-state index in [1.807, 2.05) is 53.2 Å². The molecule has 0 saturated heterocycles. The summed E-state index contributed by atoms with van der Waals surface area (Å²) >= 11 is 12.7. The lowest BCUT2D eigenvalue weighted by Crippen LogP contribution is -2.39. The van der Waals surface area contributed by atoms with Gasteiger partial charge in [0.2, 0.25) is 0 Å². The highest BCUT2D eigenvalue weighted by molar-refractivity contribution is 7.92. The predicted octanol–water partition coefficient (Wildman–Crippen LogP) is 6.12. The molecule has 196 valence electrons. The quantitative estimate of drug-likeness (QED) is 0.376. The Morgan fingerprint density at radius 3 is 2.41 bits per heavy atom. The van der Waals surface area contributed by atoms with Crippen LogP contribution in [0, 0.1) is 0 Å². The number of aliphatic hydroxyl groups is 1. The van der Waals surface area contributed by atoms with Crippen LogP contribution >= 0.6 is 23.2 Å². The molecular weight excluding hydrogens is 531 g/mol. The van der Waals surface area contributed by atoms with E-state index in [9.17, 15) is 13.5 Å². The Morgan fingerprint density at radius 2 is 1.81 bits per heavy atom. The van der Waals surface area contributed by atoms with Crippen LogP contribution in [0.4, 0.5) is 0 Å². The largest absolute Gasteiger partial charge is 0.499 e. The first-order chi connectivity index (χ1) is 17.2. The van der Waals surface area contributed by atoms with Gasteiger partial charge in [0.25, 0.3) is 0 Å². The van der Waals surface area contributed by atoms with Crippen LogP contribution in [0.5, 0.6) is 0 Å². The maximum atomic E-state index is 12.6. The number of methoxy groups -OCH3 is 1. The molecule has 0 radical (unpaired) electrons. The van der Waals surface area contributed by atoms with E-state index in [1.54, 1.807) is 32.9 Å². The minimum atomic E-state index is -3.42. The molecule has 9 heteroatoms. The molecule has 1 N–H and O–H groups in total. The van der Waals surface area contributed by atoms with Gasteiger partial charge in [0.15, 0.2) is 9.84 Å². The van der Waals surface area contributed by atoms with Crippen molar-refractivity contribution in [1.29, 1.82) is 0 Å². The van der Waals surface area contributed by atoms with Gasteiger partial charge in [0, 0.05) is 24.6 Å². The maximum Gasteiger partial charge on any atom is 0.160 e. The number of aromatic nitrogens is 2. The van der Waals surface area contributed by atoms with E-state index in [-0.39, 0.29) is 0 Å². The van der Waals surface area contributed by atoms with Crippen LogP contribution in [0.2, 0.25) is 10.0 Å². The first kappa shape index (κ1) is 27.5. The monoisotopic (exact) mass is 560 g/mol. The van der Waals surface area contributed by atoms with Crippen LogP contribution < -0.4 is 0 Å². The first-order valence-electron chi connectivity index (χ1n) is 11.7. The second kappa shape index (κ2) is 9.95. The van der Waals surface area contributed by atoms with Crippen molar-refractivity contribution in [2.45, 2.75) is 44.0 Å². The van der Waals surface area contributed by atoms with Gasteiger partial charge in [0.05, 0.1) is 22.8 Å². The molecule has 1 unspecified atom stereocenters. The third-order valence-corrected chi connectivity index (χ3v) is 9.67. The summed E-state index contributed by atoms with van der Waals surface area (Å²) in [7, 11) is -1.93. The van der Waals surface area contributed by atoms with Crippen LogP contribution in [0.15, 0.2) is 66.6 Å². The molecule has 4 rings (SSSR count). The summed E-state index contributed by atoms with van der Waals surface area (Å²) in [6, 6.07) is 13.3. The average molecular weight is 562 g/mol. The van der Waals surface area contributed by atoms with Gasteiger partial charge in [-0.1, -0.05) is 53.5 Å². The molecule has 0 spiro atoms. The average Bonchev–Trinajstić information content (AvgIpc) is 3.26. The molecule has 1 atom stereocenters. The van der Waals surface area contributed by atoms with Crippen molar-refractivity contribution in [3.8, 4) is 5.69 Å². The van der Waals surface area contributed by atoms with Crippen LogP contribution in [0.25, 0.3) is 11.3 Å². The van der Waals surface area contributed by atoms with E-state index in [2.05, 4.69) is 0 Å². The summed E-state index contributed by atoms with van der Waals surface area (Å²) in [5.74, 6) is 1.13. The molecule has 0 bridgehead atoms. The normalized spacial score (nSPS) is 18.4. The lowest BCUT2D eigenvalue weighted by molar-refractivity contribution is 0.0741. The number of nitrogens with zero attached hydrogens (tertiary/aromatic N) is 2. The highest BCUT2D eigenvalue weighted by atomic mass is 35.5. The molecule has 1 heterocycles. The van der Waals surface area contributed by atoms with Crippen molar-refractivity contribution in [3.05, 3.63) is 99.3 Å². The fraction of sp³-hybridized carbons (Fsp3) is 0.321. The van der Waals surface area contributed by atoms with E-state index in [1.165, 1.54) is 13.4 Å². The molecule has 1 aliphatic carbocycles. The standard InChI is InChI=1S/C28H30Cl2N2O4S/c1-27(2,33)23-17-32(25(31-23)15-19-7-6-8-22(29)26(19)30)21-12-9-18(10-13-21)20-11-14-24(36-4)28(3,16-20)37(5,34)35/h6-14,17,33H,15-16H2,1-5H3. The molecule has 1 aliphatic rings. The number of halogens is 2. The van der Waals surface area contributed by atoms with Gasteiger partial charge in [-0.25, -0.2) is 13.4 Å². The summed E-state index contributed by atoms with van der Waals surface area (Å²) in [4.78, 5) is 4.71. The van der Waals surface area contributed by atoms with Crippen LogP contribution in [-0.2, 0) is 26.6 Å². The Morgan fingerprint density at radius 1 is 1.14 bits per heavy atom. The number of sulfone groups is 1. The smallest absolute Gasteiger partial charge is 0.160 e. The molecule has 2 aromatic carbocycles. The number of hydrogen-bond acceptors (Lipinski definition) is 5. The highest BCUT2D eigenvalue weighted by Gasteiger charge is 2.43. The molecular formula is C28H30Cl2N2O4S. The van der Waals surface area contributed by atoms with Gasteiger partial charge in [-0.3, -0.25) is 0 Å². The third-order valence-electron chi connectivity index (χ3n) is 6.83. The van der Waals surface area contributed by atoms with E-state index >= 15 is 0 Å². The maximum absolute atomic E-state index is 12.6. The Bertz CT molecular complexity index is 1500. The fourth-order valence-corrected chi connectivity index (χ4v) is 5.73. The number of hydrogen-bond donors (Lipinski definition) is 1. The second-order valence-corrected chi connectivity index (χ2v) is 13.2. The van der Waals surface area contributed by atoms with Crippen molar-refractivity contribution in [1.82, 2.24) is 9.55 Å². The summed E-state index contributed by atoms with van der Waals surface area (Å²) in [6.45, 7) is 5.07. The van der Waals surface area contributed by atoms with Crippen molar-refractivity contribution in [2.24, 2.45) is 0 Å². The van der Waals surface area contributed by atoms with E-state index < -0.39 is 20.2 Å². The zero-order valence-electron chi connectivity index (χ0n) is 21.4. The summed E-state index contributed by atoms with van der Waals surface area (Å²) in [5.41, 5.74) is 2.87. The van der Waals surface area contributed by atoms with E-state index in [0.29, 0.717) is 40.2 Å². The predicted molar refractivity (Wildman–Crippen MR) is 149 cm³/mol. The number of rotatable bonds is 7. The van der Waals surface area contributed by atoms with Crippen molar-refractivity contribution >= 4 is 38.6 Å². The molecule has 0 fully saturated rings. The fourth-order valence-electron chi connectivity index (χ4n) is 4.41. The summed E-state index contributed by atoms with van der Waals surface area (Å²) < 4.78 is 31.4. The molecule has 0 saturated carbocycles. The molecule has 37 heavy (non-hydrogen) atoms. The van der Waals surface area contributed by atoms with Crippen LogP contribution in [0.3, 0.4) is 0 Å². The lowest BCUT2D eigenvalue weighted by Gasteiger charge is -2.32. The Kier molecular flexibility index (Phi) is 7.38. The SMILES string of the molecule is COC1=CC=C(c2ccc(-n3cc(C(C)(C)O)nc3Cc3cccc(Cl)c3Cl)cc2)CC1(C)S(C)(=O)=O. The van der Waals surface area contributed by atoms with Crippen molar-refractivity contribution in [3.63, 3.8) is 0 Å². The van der Waals surface area contributed by atoms with Gasteiger partial charge in [-0.05, 0) is 68.2 Å². The Balaban J connectivity index is 1.72. The minimum absolute atomic E-state index is 0.303. The van der Waals surface area contributed by atoms with Crippen LogP contribution in [0.1, 0.15) is 49.8 Å². The van der Waals surface area contributed by atoms with Gasteiger partial charge in [0.1, 0.15) is 21.9 Å². The summed E-state index contributed by atoms with van der Waals surface area (Å²) in [6.07, 6.45) is 7.40. The second-order valence-electron chi connectivity index (χ2n) is 10.0. The number of benzene rings is 2. The molecule has 0 aliphatic heterocycles. The molecule has 0 amide bonds.